The lowest BCUT2D eigenvalue weighted by atomic mass is 10.1. The molecule has 1 aliphatic carbocycles. The second-order valence-electron chi connectivity index (χ2n) is 5.86. The van der Waals surface area contributed by atoms with Gasteiger partial charge in [-0.25, -0.2) is 4.98 Å². The van der Waals surface area contributed by atoms with Gasteiger partial charge in [0, 0.05) is 4.88 Å². The van der Waals surface area contributed by atoms with E-state index in [-0.39, 0.29) is 6.04 Å². The molecule has 0 bridgehead atoms. The molecule has 4 heteroatoms. The Balaban J connectivity index is 1.77. The van der Waals surface area contributed by atoms with E-state index in [0.29, 0.717) is 0 Å². The number of fused-ring (bicyclic) bond motifs is 1. The van der Waals surface area contributed by atoms with Crippen molar-refractivity contribution in [2.75, 3.05) is 6.54 Å². The summed E-state index contributed by atoms with van der Waals surface area (Å²) in [5.74, 6) is 1.72. The van der Waals surface area contributed by atoms with Crippen molar-refractivity contribution in [1.82, 2.24) is 10.3 Å². The van der Waals surface area contributed by atoms with Crippen LogP contribution in [0.15, 0.2) is 16.7 Å². The van der Waals surface area contributed by atoms with Crippen LogP contribution < -0.4 is 5.32 Å². The third-order valence-corrected chi connectivity index (χ3v) is 5.34. The quantitative estimate of drug-likeness (QED) is 0.811. The first-order valence-electron chi connectivity index (χ1n) is 8.09. The van der Waals surface area contributed by atoms with Gasteiger partial charge in [-0.3, -0.25) is 0 Å². The van der Waals surface area contributed by atoms with E-state index in [4.69, 9.17) is 4.42 Å². The minimum Gasteiger partial charge on any atom is -0.438 e. The van der Waals surface area contributed by atoms with Crippen molar-refractivity contribution in [2.45, 2.75) is 58.4 Å². The van der Waals surface area contributed by atoms with Crippen LogP contribution in [0.5, 0.6) is 0 Å². The smallest absolute Gasteiger partial charge is 0.211 e. The Morgan fingerprint density at radius 3 is 3.05 bits per heavy atom. The Labute approximate surface area is 130 Å². The summed E-state index contributed by atoms with van der Waals surface area (Å²) < 4.78 is 5.97. The molecule has 0 radical (unpaired) electrons. The molecule has 0 fully saturated rings. The largest absolute Gasteiger partial charge is 0.438 e. The lowest BCUT2D eigenvalue weighted by molar-refractivity contribution is 0.423. The molecule has 0 spiro atoms. The number of nitrogens with zero attached hydrogens (tertiary/aromatic N) is 1. The number of nitrogens with one attached hydrogen (secondary N) is 1. The van der Waals surface area contributed by atoms with Gasteiger partial charge in [-0.15, -0.1) is 11.3 Å². The van der Waals surface area contributed by atoms with Gasteiger partial charge < -0.3 is 9.73 Å². The van der Waals surface area contributed by atoms with Crippen LogP contribution in [-0.4, -0.2) is 11.5 Å². The fourth-order valence-corrected chi connectivity index (χ4v) is 4.04. The van der Waals surface area contributed by atoms with Crippen molar-refractivity contribution in [3.8, 4) is 10.6 Å². The van der Waals surface area contributed by atoms with Gasteiger partial charge in [0.2, 0.25) is 5.89 Å². The van der Waals surface area contributed by atoms with Gasteiger partial charge in [0.15, 0.2) is 5.76 Å². The van der Waals surface area contributed by atoms with Gasteiger partial charge in [0.1, 0.15) is 0 Å². The van der Waals surface area contributed by atoms with Crippen LogP contribution in [0.4, 0.5) is 0 Å². The van der Waals surface area contributed by atoms with Gasteiger partial charge >= 0.3 is 0 Å². The van der Waals surface area contributed by atoms with Crippen molar-refractivity contribution in [2.24, 2.45) is 0 Å². The number of hydrogen-bond donors (Lipinski definition) is 1. The summed E-state index contributed by atoms with van der Waals surface area (Å²) in [6, 6.07) is 2.50. The van der Waals surface area contributed by atoms with Crippen molar-refractivity contribution >= 4 is 11.3 Å². The molecule has 2 aromatic rings. The SMILES string of the molecule is CCCNC(C)c1ncc(-c2cc3c(s2)CCCCC3)o1. The lowest BCUT2D eigenvalue weighted by Gasteiger charge is -2.08. The molecule has 0 saturated heterocycles. The number of rotatable bonds is 5. The van der Waals surface area contributed by atoms with Crippen LogP contribution in [0.3, 0.4) is 0 Å². The van der Waals surface area contributed by atoms with E-state index in [0.717, 1.165) is 24.6 Å². The molecule has 1 aliphatic rings. The van der Waals surface area contributed by atoms with Crippen LogP contribution in [-0.2, 0) is 12.8 Å². The van der Waals surface area contributed by atoms with Crippen molar-refractivity contribution < 1.29 is 4.42 Å². The molecule has 21 heavy (non-hydrogen) atoms. The molecule has 3 nitrogen and oxygen atoms in total. The molecule has 0 aliphatic heterocycles. The van der Waals surface area contributed by atoms with E-state index in [1.165, 1.54) is 42.5 Å². The highest BCUT2D eigenvalue weighted by molar-refractivity contribution is 7.15. The van der Waals surface area contributed by atoms with Crippen LogP contribution in [0.2, 0.25) is 0 Å². The van der Waals surface area contributed by atoms with E-state index in [9.17, 15) is 0 Å². The first-order valence-corrected chi connectivity index (χ1v) is 8.90. The maximum Gasteiger partial charge on any atom is 0.211 e. The predicted molar refractivity (Wildman–Crippen MR) is 87.8 cm³/mol. The lowest BCUT2D eigenvalue weighted by Crippen LogP contribution is -2.19. The van der Waals surface area contributed by atoms with Gasteiger partial charge in [-0.05, 0) is 57.2 Å². The van der Waals surface area contributed by atoms with Crippen LogP contribution in [0, 0.1) is 0 Å². The molecule has 2 heterocycles. The minimum atomic E-state index is 0.177. The number of hydrogen-bond acceptors (Lipinski definition) is 4. The zero-order valence-electron chi connectivity index (χ0n) is 12.9. The molecule has 1 unspecified atom stereocenters. The molecular formula is C17H24N2OS. The summed E-state index contributed by atoms with van der Waals surface area (Å²) in [6.45, 7) is 5.26. The maximum atomic E-state index is 5.97. The average molecular weight is 304 g/mol. The van der Waals surface area contributed by atoms with Gasteiger partial charge in [0.05, 0.1) is 17.1 Å². The number of aryl methyl sites for hydroxylation is 2. The first-order chi connectivity index (χ1) is 10.3. The molecular weight excluding hydrogens is 280 g/mol. The number of thiophene rings is 1. The second kappa shape index (κ2) is 6.75. The summed E-state index contributed by atoms with van der Waals surface area (Å²) in [7, 11) is 0. The van der Waals surface area contributed by atoms with E-state index in [2.05, 4.69) is 30.2 Å². The molecule has 1 N–H and O–H groups in total. The van der Waals surface area contributed by atoms with Crippen LogP contribution in [0.25, 0.3) is 10.6 Å². The topological polar surface area (TPSA) is 38.1 Å². The highest BCUT2D eigenvalue weighted by atomic mass is 32.1. The molecule has 0 saturated carbocycles. The van der Waals surface area contributed by atoms with E-state index >= 15 is 0 Å². The molecule has 1 atom stereocenters. The van der Waals surface area contributed by atoms with Crippen LogP contribution in [0.1, 0.15) is 61.9 Å². The normalized spacial score (nSPS) is 16.5. The summed E-state index contributed by atoms with van der Waals surface area (Å²) in [5.41, 5.74) is 1.53. The Morgan fingerprint density at radius 1 is 1.33 bits per heavy atom. The second-order valence-corrected chi connectivity index (χ2v) is 7.00. The summed E-state index contributed by atoms with van der Waals surface area (Å²) in [4.78, 5) is 7.24. The Hall–Kier alpha value is -1.13. The fraction of sp³-hybridized carbons (Fsp3) is 0.588. The van der Waals surface area contributed by atoms with E-state index < -0.39 is 0 Å². The summed E-state index contributed by atoms with van der Waals surface area (Å²) >= 11 is 1.89. The van der Waals surface area contributed by atoms with Crippen molar-refractivity contribution in [3.63, 3.8) is 0 Å². The number of aromatic nitrogens is 1. The van der Waals surface area contributed by atoms with Crippen molar-refractivity contribution in [1.29, 1.82) is 0 Å². The fourth-order valence-electron chi connectivity index (χ4n) is 2.84. The van der Waals surface area contributed by atoms with E-state index in [1.807, 2.05) is 17.5 Å². The average Bonchev–Trinajstić information content (AvgIpc) is 3.07. The van der Waals surface area contributed by atoms with E-state index in [1.54, 1.807) is 4.88 Å². The van der Waals surface area contributed by atoms with Crippen molar-refractivity contribution in [3.05, 3.63) is 28.6 Å². The first kappa shape index (κ1) is 14.8. The predicted octanol–water partition coefficient (Wildman–Crippen LogP) is 4.73. The standard InChI is InChI=1S/C17H24N2OS/c1-3-9-18-12(2)17-19-11-14(20-17)16-10-13-7-5-4-6-8-15(13)21-16/h10-12,18H,3-9H2,1-2H3. The zero-order valence-corrected chi connectivity index (χ0v) is 13.8. The Bertz CT molecular complexity index is 564. The van der Waals surface area contributed by atoms with Gasteiger partial charge in [-0.1, -0.05) is 13.3 Å². The third-order valence-electron chi connectivity index (χ3n) is 4.08. The monoisotopic (exact) mass is 304 g/mol. The molecule has 2 aromatic heterocycles. The summed E-state index contributed by atoms with van der Waals surface area (Å²) in [6.07, 6.45) is 9.47. The third kappa shape index (κ3) is 3.38. The molecule has 114 valence electrons. The molecule has 3 rings (SSSR count). The molecule has 0 aromatic carbocycles. The maximum absolute atomic E-state index is 5.97. The highest BCUT2D eigenvalue weighted by Crippen LogP contribution is 2.35. The Kier molecular flexibility index (Phi) is 4.76. The minimum absolute atomic E-state index is 0.177. The highest BCUT2D eigenvalue weighted by Gasteiger charge is 2.17. The summed E-state index contributed by atoms with van der Waals surface area (Å²) in [5, 5.41) is 3.42. The van der Waals surface area contributed by atoms with Crippen LogP contribution >= 0.6 is 11.3 Å². The zero-order chi connectivity index (χ0) is 14.7. The van der Waals surface area contributed by atoms with Gasteiger partial charge in [0.25, 0.3) is 0 Å². The number of oxazole rings is 1. The van der Waals surface area contributed by atoms with Gasteiger partial charge in [-0.2, -0.15) is 0 Å². The Morgan fingerprint density at radius 2 is 2.19 bits per heavy atom. The molecule has 0 amide bonds.